The Hall–Kier alpha value is -1.06. The quantitative estimate of drug-likeness (QED) is 0.890. The van der Waals surface area contributed by atoms with Crippen molar-refractivity contribution in [3.8, 4) is 0 Å². The molecule has 0 unspecified atom stereocenters. The third kappa shape index (κ3) is 1.94. The molecule has 4 heteroatoms. The second-order valence-electron chi connectivity index (χ2n) is 5.07. The summed E-state index contributed by atoms with van der Waals surface area (Å²) in [6.45, 7) is 1.98. The minimum absolute atomic E-state index is 0.0986. The van der Waals surface area contributed by atoms with Gasteiger partial charge in [-0.2, -0.15) is 0 Å². The monoisotopic (exact) mass is 250 g/mol. The van der Waals surface area contributed by atoms with Crippen LogP contribution in [0.3, 0.4) is 0 Å². The normalized spacial score (nSPS) is 18.3. The number of hydrogen-bond donors (Lipinski definition) is 1. The first-order valence-corrected chi connectivity index (χ1v) is 6.28. The van der Waals surface area contributed by atoms with E-state index in [9.17, 15) is 0 Å². The molecule has 2 N–H and O–H groups in total. The van der Waals surface area contributed by atoms with Crippen molar-refractivity contribution in [3.05, 3.63) is 28.6 Å². The fourth-order valence-electron chi connectivity index (χ4n) is 2.39. The molecule has 0 amide bonds. The van der Waals surface area contributed by atoms with Gasteiger partial charge in [0.05, 0.1) is 0 Å². The molecular weight excluding hydrogens is 236 g/mol. The van der Waals surface area contributed by atoms with Crippen molar-refractivity contribution in [3.63, 3.8) is 0 Å². The molecule has 90 valence electrons. The van der Waals surface area contributed by atoms with Gasteiger partial charge in [-0.25, -0.2) is 4.98 Å². The van der Waals surface area contributed by atoms with Crippen LogP contribution in [0.4, 0.5) is 0 Å². The summed E-state index contributed by atoms with van der Waals surface area (Å²) in [4.78, 5) is 4.47. The number of halogens is 1. The zero-order chi connectivity index (χ0) is 12.0. The number of aryl methyl sites for hydroxylation is 1. The van der Waals surface area contributed by atoms with Crippen molar-refractivity contribution in [2.75, 3.05) is 0 Å². The van der Waals surface area contributed by atoms with Gasteiger partial charge in [-0.05, 0) is 43.9 Å². The fourth-order valence-corrected chi connectivity index (χ4v) is 2.65. The van der Waals surface area contributed by atoms with E-state index in [1.165, 1.54) is 6.42 Å². The molecule has 3 rings (SSSR count). The van der Waals surface area contributed by atoms with Crippen molar-refractivity contribution in [1.82, 2.24) is 4.98 Å². The molecule has 1 aromatic carbocycles. The Morgan fingerprint density at radius 3 is 2.88 bits per heavy atom. The van der Waals surface area contributed by atoms with E-state index >= 15 is 0 Å². The van der Waals surface area contributed by atoms with Gasteiger partial charge in [-0.1, -0.05) is 11.6 Å². The molecule has 1 aliphatic rings. The van der Waals surface area contributed by atoms with Gasteiger partial charge >= 0.3 is 0 Å². The number of hydrogen-bond acceptors (Lipinski definition) is 3. The van der Waals surface area contributed by atoms with Crippen LogP contribution in [0.15, 0.2) is 16.5 Å². The zero-order valence-electron chi connectivity index (χ0n) is 9.79. The third-order valence-electron chi connectivity index (χ3n) is 3.54. The highest BCUT2D eigenvalue weighted by Crippen LogP contribution is 2.33. The van der Waals surface area contributed by atoms with Crippen molar-refractivity contribution in [2.24, 2.45) is 5.73 Å². The largest absolute Gasteiger partial charge is 0.440 e. The van der Waals surface area contributed by atoms with E-state index in [-0.39, 0.29) is 5.54 Å². The topological polar surface area (TPSA) is 52.0 Å². The highest BCUT2D eigenvalue weighted by atomic mass is 35.5. The summed E-state index contributed by atoms with van der Waals surface area (Å²) in [6, 6.07) is 3.72. The van der Waals surface area contributed by atoms with Crippen LogP contribution in [0.1, 0.15) is 30.7 Å². The predicted molar refractivity (Wildman–Crippen MR) is 68.2 cm³/mol. The molecule has 2 aromatic rings. The summed E-state index contributed by atoms with van der Waals surface area (Å²) in [7, 11) is 0. The molecule has 0 bridgehead atoms. The first-order chi connectivity index (χ1) is 8.06. The summed E-state index contributed by atoms with van der Waals surface area (Å²) < 4.78 is 5.78. The number of nitrogens with zero attached hydrogens (tertiary/aromatic N) is 1. The van der Waals surface area contributed by atoms with E-state index < -0.39 is 0 Å². The summed E-state index contributed by atoms with van der Waals surface area (Å²) in [5.74, 6) is 0.729. The van der Waals surface area contributed by atoms with Gasteiger partial charge in [0.15, 0.2) is 11.5 Å². The van der Waals surface area contributed by atoms with Gasteiger partial charge in [-0.15, -0.1) is 0 Å². The van der Waals surface area contributed by atoms with Gasteiger partial charge in [0, 0.05) is 17.0 Å². The number of benzene rings is 1. The molecule has 0 spiro atoms. The Kier molecular flexibility index (Phi) is 2.42. The maximum atomic E-state index is 6.20. The highest BCUT2D eigenvalue weighted by molar-refractivity contribution is 6.31. The van der Waals surface area contributed by atoms with Crippen molar-refractivity contribution >= 4 is 22.7 Å². The summed E-state index contributed by atoms with van der Waals surface area (Å²) >= 11 is 6.00. The molecule has 0 atom stereocenters. The van der Waals surface area contributed by atoms with E-state index in [1.54, 1.807) is 0 Å². The number of oxazole rings is 1. The third-order valence-corrected chi connectivity index (χ3v) is 3.76. The molecule has 0 radical (unpaired) electrons. The molecular formula is C13H15ClN2O. The van der Waals surface area contributed by atoms with Crippen LogP contribution in [0.5, 0.6) is 0 Å². The number of aromatic nitrogens is 1. The second kappa shape index (κ2) is 3.72. The Labute approximate surface area is 105 Å². The van der Waals surface area contributed by atoms with Gasteiger partial charge in [0.2, 0.25) is 0 Å². The zero-order valence-corrected chi connectivity index (χ0v) is 10.5. The van der Waals surface area contributed by atoms with Crippen LogP contribution in [0.2, 0.25) is 5.02 Å². The maximum Gasteiger partial charge on any atom is 0.197 e. The molecule has 17 heavy (non-hydrogen) atoms. The molecule has 0 aliphatic heterocycles. The van der Waals surface area contributed by atoms with E-state index in [4.69, 9.17) is 21.8 Å². The van der Waals surface area contributed by atoms with E-state index in [0.717, 1.165) is 41.8 Å². The fraction of sp³-hybridized carbons (Fsp3) is 0.462. The lowest BCUT2D eigenvalue weighted by molar-refractivity contribution is 0.232. The van der Waals surface area contributed by atoms with Gasteiger partial charge in [0.1, 0.15) is 5.52 Å². The van der Waals surface area contributed by atoms with Gasteiger partial charge < -0.3 is 10.2 Å². The molecule has 0 saturated heterocycles. The van der Waals surface area contributed by atoms with Crippen molar-refractivity contribution in [1.29, 1.82) is 0 Å². The molecule has 1 heterocycles. The van der Waals surface area contributed by atoms with Crippen LogP contribution in [0.25, 0.3) is 11.1 Å². The molecule has 1 saturated carbocycles. The first kappa shape index (κ1) is 11.1. The first-order valence-electron chi connectivity index (χ1n) is 5.90. The van der Waals surface area contributed by atoms with Crippen LogP contribution >= 0.6 is 11.6 Å². The van der Waals surface area contributed by atoms with E-state index in [1.807, 2.05) is 19.1 Å². The van der Waals surface area contributed by atoms with Crippen molar-refractivity contribution in [2.45, 2.75) is 38.1 Å². The Balaban J connectivity index is 1.99. The highest BCUT2D eigenvalue weighted by Gasteiger charge is 2.34. The lowest BCUT2D eigenvalue weighted by Gasteiger charge is -2.36. The van der Waals surface area contributed by atoms with Crippen LogP contribution in [-0.4, -0.2) is 10.5 Å². The van der Waals surface area contributed by atoms with Gasteiger partial charge in [-0.3, -0.25) is 0 Å². The minimum Gasteiger partial charge on any atom is -0.440 e. The van der Waals surface area contributed by atoms with Gasteiger partial charge in [0.25, 0.3) is 0 Å². The molecule has 3 nitrogen and oxygen atoms in total. The lowest BCUT2D eigenvalue weighted by atomic mass is 9.75. The molecule has 1 fully saturated rings. The summed E-state index contributed by atoms with van der Waals surface area (Å²) in [5, 5.41) is 0.695. The second-order valence-corrected chi connectivity index (χ2v) is 5.51. The van der Waals surface area contributed by atoms with E-state index in [2.05, 4.69) is 4.98 Å². The summed E-state index contributed by atoms with van der Waals surface area (Å²) in [6.07, 6.45) is 4.05. The van der Waals surface area contributed by atoms with E-state index in [0.29, 0.717) is 5.02 Å². The maximum absolute atomic E-state index is 6.20. The Morgan fingerprint density at radius 1 is 1.47 bits per heavy atom. The predicted octanol–water partition coefficient (Wildman–Crippen LogP) is 3.21. The minimum atomic E-state index is -0.0986. The SMILES string of the molecule is Cc1cc(Cl)cc2nc(CC3(N)CCC3)oc12. The van der Waals surface area contributed by atoms with Crippen LogP contribution in [0, 0.1) is 6.92 Å². The average Bonchev–Trinajstić information content (AvgIpc) is 2.58. The molecule has 1 aromatic heterocycles. The van der Waals surface area contributed by atoms with Crippen LogP contribution in [-0.2, 0) is 6.42 Å². The lowest BCUT2D eigenvalue weighted by Crippen LogP contribution is -2.48. The number of nitrogens with two attached hydrogens (primary N) is 1. The smallest absolute Gasteiger partial charge is 0.197 e. The Bertz CT molecular complexity index is 572. The standard InChI is InChI=1S/C13H15ClN2O/c1-8-5-9(14)6-10-12(8)17-11(16-10)7-13(15)3-2-4-13/h5-6H,2-4,7,15H2,1H3. The number of rotatable bonds is 2. The average molecular weight is 251 g/mol. The number of fused-ring (bicyclic) bond motifs is 1. The van der Waals surface area contributed by atoms with Crippen molar-refractivity contribution < 1.29 is 4.42 Å². The molecule has 1 aliphatic carbocycles. The Morgan fingerprint density at radius 2 is 2.24 bits per heavy atom. The van der Waals surface area contributed by atoms with Crippen LogP contribution < -0.4 is 5.73 Å². The summed E-state index contributed by atoms with van der Waals surface area (Å²) in [5.41, 5.74) is 8.77.